The van der Waals surface area contributed by atoms with Gasteiger partial charge in [-0.25, -0.2) is 4.57 Å². The third-order valence-electron chi connectivity index (χ3n) is 6.04. The number of nitro benzene ring substituents is 1. The van der Waals surface area contributed by atoms with E-state index in [2.05, 4.69) is 6.92 Å². The predicted octanol–water partition coefficient (Wildman–Crippen LogP) is 6.73. The minimum atomic E-state index is -4.56. The molecule has 1 rings (SSSR count). The van der Waals surface area contributed by atoms with Gasteiger partial charge in [0.05, 0.1) is 35.3 Å². The van der Waals surface area contributed by atoms with E-state index in [4.69, 9.17) is 14.8 Å². The molecule has 9 nitrogen and oxygen atoms in total. The molecule has 0 spiro atoms. The smallest absolute Gasteiger partial charge is 0.387 e. The van der Waals surface area contributed by atoms with Crippen LogP contribution in [0, 0.1) is 10.1 Å². The van der Waals surface area contributed by atoms with Crippen LogP contribution in [0.1, 0.15) is 103 Å². The zero-order chi connectivity index (χ0) is 26.8. The van der Waals surface area contributed by atoms with Gasteiger partial charge in [0.2, 0.25) is 0 Å². The van der Waals surface area contributed by atoms with E-state index in [0.29, 0.717) is 0 Å². The number of para-hydroxylation sites is 1. The summed E-state index contributed by atoms with van der Waals surface area (Å²) in [6.45, 7) is 3.24. The molecule has 0 aliphatic carbocycles. The highest BCUT2D eigenvalue weighted by molar-refractivity contribution is 7.47. The first-order chi connectivity index (χ1) is 17.2. The van der Waals surface area contributed by atoms with Crippen LogP contribution in [-0.4, -0.2) is 33.7 Å². The standard InChI is InChI=1S/C26H45N2O7P/c1-3-4-5-6-7-8-9-10-11-12-13-14-15-20-26(29)24(27)21-34-36(32,33)35-22(2)23-18-16-17-19-25(23)28(30)31/h15-20,22,24,26,29H,3-14,21,27H2,1-2H3,(H,32,33)/b20-15+/t22-,24+,26-/m1/s1. The Morgan fingerprint density at radius 3 is 2.19 bits per heavy atom. The molecule has 1 unspecified atom stereocenters. The Bertz CT molecular complexity index is 821. The Kier molecular flexibility index (Phi) is 16.8. The largest absolute Gasteiger partial charge is 0.472 e. The fourth-order valence-electron chi connectivity index (χ4n) is 3.87. The van der Waals surface area contributed by atoms with E-state index >= 15 is 0 Å². The van der Waals surface area contributed by atoms with Crippen molar-refractivity contribution in [1.29, 1.82) is 0 Å². The van der Waals surface area contributed by atoms with Crippen molar-refractivity contribution >= 4 is 13.5 Å². The highest BCUT2D eigenvalue weighted by Gasteiger charge is 2.30. The number of hydrogen-bond donors (Lipinski definition) is 3. The van der Waals surface area contributed by atoms with Crippen LogP contribution in [0.15, 0.2) is 36.4 Å². The molecule has 206 valence electrons. The SMILES string of the molecule is CCCCCCCCCCCCC/C=C/[C@@H](O)[C@@H](N)COP(=O)(O)O[C@H](C)c1ccccc1[N+](=O)[O-]. The monoisotopic (exact) mass is 528 g/mol. The maximum atomic E-state index is 12.3. The highest BCUT2D eigenvalue weighted by atomic mass is 31.2. The second-order valence-electron chi connectivity index (χ2n) is 9.23. The zero-order valence-electron chi connectivity index (χ0n) is 21.8. The molecule has 4 N–H and O–H groups in total. The number of aliphatic hydroxyl groups is 1. The van der Waals surface area contributed by atoms with Gasteiger partial charge in [0.15, 0.2) is 0 Å². The summed E-state index contributed by atoms with van der Waals surface area (Å²) >= 11 is 0. The lowest BCUT2D eigenvalue weighted by Gasteiger charge is -2.20. The Morgan fingerprint density at radius 1 is 1.06 bits per heavy atom. The normalized spacial score (nSPS) is 16.0. The van der Waals surface area contributed by atoms with Gasteiger partial charge in [-0.1, -0.05) is 95.4 Å². The fourth-order valence-corrected chi connectivity index (χ4v) is 4.80. The lowest BCUT2D eigenvalue weighted by atomic mass is 10.0. The first-order valence-corrected chi connectivity index (χ1v) is 14.7. The summed E-state index contributed by atoms with van der Waals surface area (Å²) in [5, 5.41) is 21.3. The first kappa shape index (κ1) is 32.4. The van der Waals surface area contributed by atoms with Crippen molar-refractivity contribution in [2.45, 2.75) is 109 Å². The van der Waals surface area contributed by atoms with E-state index in [0.717, 1.165) is 19.3 Å². The molecule has 0 heterocycles. The molecular weight excluding hydrogens is 483 g/mol. The van der Waals surface area contributed by atoms with Crippen molar-refractivity contribution in [3.05, 3.63) is 52.1 Å². The number of nitrogens with zero attached hydrogens (tertiary/aromatic N) is 1. The molecule has 0 fully saturated rings. The van der Waals surface area contributed by atoms with E-state index in [1.807, 2.05) is 6.08 Å². The summed E-state index contributed by atoms with van der Waals surface area (Å²) in [5.41, 5.74) is 5.80. The third-order valence-corrected chi connectivity index (χ3v) is 7.10. The van der Waals surface area contributed by atoms with Crippen molar-refractivity contribution < 1.29 is 28.5 Å². The summed E-state index contributed by atoms with van der Waals surface area (Å²) < 4.78 is 22.3. The summed E-state index contributed by atoms with van der Waals surface area (Å²) in [6, 6.07) is 4.87. The minimum Gasteiger partial charge on any atom is -0.387 e. The fraction of sp³-hybridized carbons (Fsp3) is 0.692. The van der Waals surface area contributed by atoms with Crippen LogP contribution < -0.4 is 5.73 Å². The molecule has 0 aliphatic heterocycles. The Balaban J connectivity index is 2.24. The average Bonchev–Trinajstić information content (AvgIpc) is 2.84. The topological polar surface area (TPSA) is 145 Å². The van der Waals surface area contributed by atoms with Crippen LogP contribution in [0.4, 0.5) is 5.69 Å². The van der Waals surface area contributed by atoms with Crippen molar-refractivity contribution in [3.8, 4) is 0 Å². The predicted molar refractivity (Wildman–Crippen MR) is 143 cm³/mol. The lowest BCUT2D eigenvalue weighted by molar-refractivity contribution is -0.386. The number of nitrogens with two attached hydrogens (primary N) is 1. The van der Waals surface area contributed by atoms with Gasteiger partial charge < -0.3 is 15.7 Å². The molecule has 0 radical (unpaired) electrons. The van der Waals surface area contributed by atoms with Gasteiger partial charge in [0.25, 0.3) is 5.69 Å². The van der Waals surface area contributed by atoms with Gasteiger partial charge in [-0.05, 0) is 25.8 Å². The van der Waals surface area contributed by atoms with Crippen LogP contribution in [0.3, 0.4) is 0 Å². The number of aliphatic hydroxyl groups excluding tert-OH is 1. The second kappa shape index (κ2) is 18.6. The van der Waals surface area contributed by atoms with Crippen LogP contribution >= 0.6 is 7.82 Å². The lowest BCUT2D eigenvalue weighted by Crippen LogP contribution is -2.37. The summed E-state index contributed by atoms with van der Waals surface area (Å²) in [7, 11) is -4.56. The number of phosphoric ester groups is 1. The molecule has 0 aliphatic rings. The maximum absolute atomic E-state index is 12.3. The van der Waals surface area contributed by atoms with Crippen molar-refractivity contribution in [2.75, 3.05) is 6.61 Å². The van der Waals surface area contributed by atoms with E-state index < -0.39 is 37.6 Å². The molecular formula is C26H45N2O7P. The van der Waals surface area contributed by atoms with E-state index in [1.165, 1.54) is 82.9 Å². The number of allylic oxidation sites excluding steroid dienone is 1. The van der Waals surface area contributed by atoms with Crippen molar-refractivity contribution in [2.24, 2.45) is 5.73 Å². The number of hydrogen-bond acceptors (Lipinski definition) is 7. The molecule has 1 aromatic rings. The molecule has 1 aromatic carbocycles. The quantitative estimate of drug-likeness (QED) is 0.0523. The Morgan fingerprint density at radius 2 is 1.61 bits per heavy atom. The molecule has 10 heteroatoms. The van der Waals surface area contributed by atoms with Crippen LogP contribution in [0.5, 0.6) is 0 Å². The maximum Gasteiger partial charge on any atom is 0.472 e. The van der Waals surface area contributed by atoms with Gasteiger partial charge in [-0.15, -0.1) is 0 Å². The molecule has 0 saturated heterocycles. The van der Waals surface area contributed by atoms with Crippen molar-refractivity contribution in [3.63, 3.8) is 0 Å². The third kappa shape index (κ3) is 14.2. The number of nitro groups is 1. The number of phosphoric acid groups is 1. The number of rotatable bonds is 21. The summed E-state index contributed by atoms with van der Waals surface area (Å²) in [6.07, 6.45) is 16.2. The zero-order valence-corrected chi connectivity index (χ0v) is 22.7. The Hall–Kier alpha value is -1.61. The van der Waals surface area contributed by atoms with Crippen LogP contribution in [0.2, 0.25) is 0 Å². The summed E-state index contributed by atoms with van der Waals surface area (Å²) in [4.78, 5) is 20.6. The highest BCUT2D eigenvalue weighted by Crippen LogP contribution is 2.48. The molecule has 36 heavy (non-hydrogen) atoms. The molecule has 4 atom stereocenters. The van der Waals surface area contributed by atoms with E-state index in [9.17, 15) is 24.7 Å². The average molecular weight is 529 g/mol. The van der Waals surface area contributed by atoms with Gasteiger partial charge in [-0.3, -0.25) is 19.2 Å². The van der Waals surface area contributed by atoms with Crippen LogP contribution in [-0.2, 0) is 13.6 Å². The summed E-state index contributed by atoms with van der Waals surface area (Å²) in [5.74, 6) is 0. The van der Waals surface area contributed by atoms with E-state index in [-0.39, 0.29) is 11.3 Å². The minimum absolute atomic E-state index is 0.148. The van der Waals surface area contributed by atoms with Crippen LogP contribution in [0.25, 0.3) is 0 Å². The van der Waals surface area contributed by atoms with Gasteiger partial charge >= 0.3 is 7.82 Å². The molecule has 0 amide bonds. The Labute approximate surface area is 215 Å². The van der Waals surface area contributed by atoms with Gasteiger partial charge in [-0.2, -0.15) is 0 Å². The molecule has 0 aromatic heterocycles. The molecule has 0 saturated carbocycles. The first-order valence-electron chi connectivity index (χ1n) is 13.2. The number of benzene rings is 1. The van der Waals surface area contributed by atoms with Gasteiger partial charge in [0.1, 0.15) is 0 Å². The van der Waals surface area contributed by atoms with E-state index in [1.54, 1.807) is 12.1 Å². The second-order valence-corrected chi connectivity index (χ2v) is 10.6. The van der Waals surface area contributed by atoms with Crippen molar-refractivity contribution in [1.82, 2.24) is 0 Å². The molecule has 0 bridgehead atoms. The van der Waals surface area contributed by atoms with Gasteiger partial charge in [0, 0.05) is 6.07 Å². The number of unbranched alkanes of at least 4 members (excludes halogenated alkanes) is 11.